The molecule has 0 saturated carbocycles. The highest BCUT2D eigenvalue weighted by Crippen LogP contribution is 2.14. The average Bonchev–Trinajstić information content (AvgIpc) is 2.63. The summed E-state index contributed by atoms with van der Waals surface area (Å²) in [5, 5.41) is 8.08. The number of alkyl halides is 3. The number of hydrogen-bond acceptors (Lipinski definition) is 4. The van der Waals surface area contributed by atoms with Gasteiger partial charge in [0.15, 0.2) is 0 Å². The van der Waals surface area contributed by atoms with E-state index in [2.05, 4.69) is 20.7 Å². The molecule has 1 heterocycles. The maximum absolute atomic E-state index is 12.1. The summed E-state index contributed by atoms with van der Waals surface area (Å²) in [7, 11) is 0. The van der Waals surface area contributed by atoms with E-state index in [1.807, 2.05) is 35.2 Å². The molecule has 28 heavy (non-hydrogen) atoms. The molecule has 3 amide bonds. The summed E-state index contributed by atoms with van der Waals surface area (Å²) in [5.41, 5.74) is 0.750. The molecular formula is C18H25F3N4O3. The van der Waals surface area contributed by atoms with E-state index in [0.717, 1.165) is 5.69 Å². The SMILES string of the molecule is O=C(CN1CCC(NC(=O)NCCOCC(F)(F)F)CC1)Nc1ccccc1. The van der Waals surface area contributed by atoms with E-state index in [0.29, 0.717) is 25.9 Å². The van der Waals surface area contributed by atoms with Gasteiger partial charge in [0.25, 0.3) is 0 Å². The lowest BCUT2D eigenvalue weighted by molar-refractivity contribution is -0.173. The van der Waals surface area contributed by atoms with Crippen molar-refractivity contribution in [3.63, 3.8) is 0 Å². The lowest BCUT2D eigenvalue weighted by Gasteiger charge is -2.31. The van der Waals surface area contributed by atoms with Crippen molar-refractivity contribution in [3.05, 3.63) is 30.3 Å². The van der Waals surface area contributed by atoms with Crippen LogP contribution in [-0.2, 0) is 9.53 Å². The highest BCUT2D eigenvalue weighted by Gasteiger charge is 2.27. The van der Waals surface area contributed by atoms with Crippen LogP contribution in [0, 0.1) is 0 Å². The number of hydrogen-bond donors (Lipinski definition) is 3. The molecule has 7 nitrogen and oxygen atoms in total. The molecule has 10 heteroatoms. The third kappa shape index (κ3) is 9.05. The molecular weight excluding hydrogens is 377 g/mol. The first-order valence-electron chi connectivity index (χ1n) is 9.08. The Hall–Kier alpha value is -2.33. The summed E-state index contributed by atoms with van der Waals surface area (Å²) < 4.78 is 40.2. The Morgan fingerprint density at radius 2 is 1.82 bits per heavy atom. The van der Waals surface area contributed by atoms with Crippen molar-refractivity contribution >= 4 is 17.6 Å². The maximum atomic E-state index is 12.1. The van der Waals surface area contributed by atoms with Gasteiger partial charge < -0.3 is 20.7 Å². The number of halogens is 3. The Labute approximate surface area is 161 Å². The smallest absolute Gasteiger partial charge is 0.370 e. The zero-order chi connectivity index (χ0) is 20.4. The summed E-state index contributed by atoms with van der Waals surface area (Å²) in [5.74, 6) is -0.0887. The molecule has 1 aliphatic heterocycles. The van der Waals surface area contributed by atoms with Crippen LogP contribution >= 0.6 is 0 Å². The number of nitrogens with zero attached hydrogens (tertiary/aromatic N) is 1. The van der Waals surface area contributed by atoms with Crippen molar-refractivity contribution in [3.8, 4) is 0 Å². The van der Waals surface area contributed by atoms with E-state index in [4.69, 9.17) is 0 Å². The van der Waals surface area contributed by atoms with Gasteiger partial charge in [-0.1, -0.05) is 18.2 Å². The topological polar surface area (TPSA) is 82.7 Å². The highest BCUT2D eigenvalue weighted by atomic mass is 19.4. The molecule has 0 bridgehead atoms. The van der Waals surface area contributed by atoms with Crippen molar-refractivity contribution in [2.75, 3.05) is 44.7 Å². The predicted octanol–water partition coefficient (Wildman–Crippen LogP) is 1.97. The Morgan fingerprint density at radius 3 is 2.46 bits per heavy atom. The molecule has 3 N–H and O–H groups in total. The number of nitrogens with one attached hydrogen (secondary N) is 3. The van der Waals surface area contributed by atoms with Gasteiger partial charge in [-0.25, -0.2) is 4.79 Å². The van der Waals surface area contributed by atoms with Gasteiger partial charge in [-0.2, -0.15) is 13.2 Å². The summed E-state index contributed by atoms with van der Waals surface area (Å²) in [6, 6.07) is 8.74. The number of carbonyl (C=O) groups excluding carboxylic acids is 2. The van der Waals surface area contributed by atoms with Gasteiger partial charge in [-0.15, -0.1) is 0 Å². The molecule has 0 aromatic heterocycles. The van der Waals surface area contributed by atoms with Gasteiger partial charge in [-0.05, 0) is 25.0 Å². The van der Waals surface area contributed by atoms with Gasteiger partial charge in [0.2, 0.25) is 5.91 Å². The van der Waals surface area contributed by atoms with Gasteiger partial charge >= 0.3 is 12.2 Å². The third-order valence-electron chi connectivity index (χ3n) is 4.15. The zero-order valence-corrected chi connectivity index (χ0v) is 15.4. The zero-order valence-electron chi connectivity index (χ0n) is 15.4. The molecule has 1 aromatic carbocycles. The van der Waals surface area contributed by atoms with Crippen molar-refractivity contribution < 1.29 is 27.5 Å². The molecule has 0 atom stereocenters. The molecule has 1 fully saturated rings. The summed E-state index contributed by atoms with van der Waals surface area (Å²) in [6.45, 7) is 0.0863. The lowest BCUT2D eigenvalue weighted by Crippen LogP contribution is -2.49. The standard InChI is InChI=1S/C18H25F3N4O3/c19-18(20,21)13-28-11-8-22-17(27)24-15-6-9-25(10-7-15)12-16(26)23-14-4-2-1-3-5-14/h1-5,15H,6-13H2,(H,23,26)(H2,22,24,27). The molecule has 1 aromatic rings. The number of benzene rings is 1. The number of piperidine rings is 1. The third-order valence-corrected chi connectivity index (χ3v) is 4.15. The van der Waals surface area contributed by atoms with Crippen LogP contribution in [0.2, 0.25) is 0 Å². The number of anilines is 1. The Morgan fingerprint density at radius 1 is 1.14 bits per heavy atom. The fourth-order valence-electron chi connectivity index (χ4n) is 2.82. The summed E-state index contributed by atoms with van der Waals surface area (Å²) >= 11 is 0. The second-order valence-electron chi connectivity index (χ2n) is 6.53. The van der Waals surface area contributed by atoms with E-state index < -0.39 is 18.8 Å². The molecule has 0 aliphatic carbocycles. The monoisotopic (exact) mass is 402 g/mol. The van der Waals surface area contributed by atoms with Crippen molar-refractivity contribution in [2.45, 2.75) is 25.1 Å². The molecule has 0 radical (unpaired) electrons. The normalized spacial score (nSPS) is 15.8. The largest absolute Gasteiger partial charge is 0.411 e. The predicted molar refractivity (Wildman–Crippen MR) is 97.9 cm³/mol. The average molecular weight is 402 g/mol. The number of ether oxygens (including phenoxy) is 1. The van der Waals surface area contributed by atoms with Gasteiger partial charge in [-0.3, -0.25) is 9.69 Å². The quantitative estimate of drug-likeness (QED) is 0.581. The minimum Gasteiger partial charge on any atom is -0.370 e. The van der Waals surface area contributed by atoms with Gasteiger partial charge in [0.05, 0.1) is 13.2 Å². The lowest BCUT2D eigenvalue weighted by atomic mass is 10.1. The van der Waals surface area contributed by atoms with E-state index in [9.17, 15) is 22.8 Å². The summed E-state index contributed by atoms with van der Waals surface area (Å²) in [4.78, 5) is 25.8. The Kier molecular flexibility index (Phi) is 8.52. The van der Waals surface area contributed by atoms with Crippen LogP contribution in [0.4, 0.5) is 23.7 Å². The van der Waals surface area contributed by atoms with Gasteiger partial charge in [0, 0.05) is 31.4 Å². The van der Waals surface area contributed by atoms with Crippen LogP contribution in [0.25, 0.3) is 0 Å². The molecule has 0 spiro atoms. The van der Waals surface area contributed by atoms with Crippen LogP contribution in [0.15, 0.2) is 30.3 Å². The molecule has 0 unspecified atom stereocenters. The summed E-state index contributed by atoms with van der Waals surface area (Å²) in [6.07, 6.45) is -2.98. The number of amides is 3. The Balaban J connectivity index is 1.56. The number of likely N-dealkylation sites (tertiary alicyclic amines) is 1. The van der Waals surface area contributed by atoms with Crippen molar-refractivity contribution in [2.24, 2.45) is 0 Å². The minimum atomic E-state index is -4.37. The first-order valence-corrected chi connectivity index (χ1v) is 9.08. The fraction of sp³-hybridized carbons (Fsp3) is 0.556. The van der Waals surface area contributed by atoms with Crippen LogP contribution in [-0.4, -0.2) is 68.4 Å². The Bertz CT molecular complexity index is 620. The van der Waals surface area contributed by atoms with E-state index in [1.54, 1.807) is 0 Å². The fourth-order valence-corrected chi connectivity index (χ4v) is 2.82. The van der Waals surface area contributed by atoms with Crippen LogP contribution in [0.5, 0.6) is 0 Å². The van der Waals surface area contributed by atoms with E-state index in [1.165, 1.54) is 0 Å². The first kappa shape index (κ1) is 22.0. The van der Waals surface area contributed by atoms with Crippen LogP contribution in [0.3, 0.4) is 0 Å². The number of para-hydroxylation sites is 1. The van der Waals surface area contributed by atoms with Crippen molar-refractivity contribution in [1.82, 2.24) is 15.5 Å². The molecule has 2 rings (SSSR count). The van der Waals surface area contributed by atoms with Crippen molar-refractivity contribution in [1.29, 1.82) is 0 Å². The second-order valence-corrected chi connectivity index (χ2v) is 6.53. The number of urea groups is 1. The number of rotatable bonds is 8. The highest BCUT2D eigenvalue weighted by molar-refractivity contribution is 5.92. The van der Waals surface area contributed by atoms with Gasteiger partial charge in [0.1, 0.15) is 6.61 Å². The first-order chi connectivity index (χ1) is 13.3. The molecule has 1 saturated heterocycles. The minimum absolute atomic E-state index is 0.000412. The van der Waals surface area contributed by atoms with E-state index >= 15 is 0 Å². The second kappa shape index (κ2) is 10.9. The van der Waals surface area contributed by atoms with Crippen LogP contribution < -0.4 is 16.0 Å². The molecule has 1 aliphatic rings. The number of carbonyl (C=O) groups is 2. The van der Waals surface area contributed by atoms with E-state index in [-0.39, 0.29) is 31.6 Å². The van der Waals surface area contributed by atoms with Crippen LogP contribution in [0.1, 0.15) is 12.8 Å². The maximum Gasteiger partial charge on any atom is 0.411 e. The molecule has 156 valence electrons.